The molecule has 1 N–H and O–H groups in total. The van der Waals surface area contributed by atoms with E-state index in [9.17, 15) is 13.2 Å². The number of nitrogens with zero attached hydrogens (tertiary/aromatic N) is 2. The predicted octanol–water partition coefficient (Wildman–Crippen LogP) is 5.77. The minimum absolute atomic E-state index is 0.00434. The highest BCUT2D eigenvalue weighted by molar-refractivity contribution is 7.90. The molecule has 0 unspecified atom stereocenters. The fourth-order valence-corrected chi connectivity index (χ4v) is 5.06. The van der Waals surface area contributed by atoms with E-state index < -0.39 is 15.9 Å². The fourth-order valence-electron chi connectivity index (χ4n) is 3.59. The first-order chi connectivity index (χ1) is 18.1. The number of aryl methyl sites for hydroxylation is 2. The van der Waals surface area contributed by atoms with Gasteiger partial charge in [0.1, 0.15) is 5.82 Å². The highest BCUT2D eigenvalue weighted by Gasteiger charge is 2.17. The lowest BCUT2D eigenvalue weighted by molar-refractivity contribution is -0.114. The Kier molecular flexibility index (Phi) is 8.38. The lowest BCUT2D eigenvalue weighted by atomic mass is 10.1. The van der Waals surface area contributed by atoms with Crippen molar-refractivity contribution in [1.29, 1.82) is 0 Å². The molecular weight excluding hydrogens is 541 g/mol. The number of sulfonamides is 1. The molecule has 0 aliphatic carbocycles. The van der Waals surface area contributed by atoms with E-state index in [4.69, 9.17) is 23.2 Å². The van der Waals surface area contributed by atoms with Crippen molar-refractivity contribution in [2.75, 3.05) is 0 Å². The molecule has 1 amide bonds. The summed E-state index contributed by atoms with van der Waals surface area (Å²) in [6.07, 6.45) is 2.53. The number of carbonyl (C=O) groups excluding carboxylic acids is 1. The number of benzene rings is 3. The third-order valence-electron chi connectivity index (χ3n) is 5.62. The van der Waals surface area contributed by atoms with Gasteiger partial charge in [0.05, 0.1) is 17.1 Å². The number of hydrogen-bond donors (Lipinski definition) is 1. The maximum Gasteiger partial charge on any atom is 0.264 e. The average molecular weight is 564 g/mol. The summed E-state index contributed by atoms with van der Waals surface area (Å²) >= 11 is 12.9. The molecule has 3 aromatic carbocycles. The Morgan fingerprint density at radius 3 is 2.34 bits per heavy atom. The topological polar surface area (TPSA) is 81.1 Å². The van der Waals surface area contributed by atoms with Gasteiger partial charge in [0, 0.05) is 22.2 Å². The van der Waals surface area contributed by atoms with Crippen LogP contribution in [0.4, 0.5) is 0 Å². The van der Waals surface area contributed by atoms with Crippen molar-refractivity contribution in [3.63, 3.8) is 0 Å². The second-order valence-electron chi connectivity index (χ2n) is 8.46. The SMILES string of the molecule is Cc1ccc(S(=O)(=O)NC(=O)/C=C/c2c(Cl)nc(C)n2Cc2ccc(C#Cc3ccccc3)cc2Cl)cc1. The Labute approximate surface area is 232 Å². The molecule has 38 heavy (non-hydrogen) atoms. The van der Waals surface area contributed by atoms with Gasteiger partial charge in [0.15, 0.2) is 5.15 Å². The zero-order chi connectivity index (χ0) is 27.3. The van der Waals surface area contributed by atoms with Crippen LogP contribution in [0.3, 0.4) is 0 Å². The molecule has 0 atom stereocenters. The second kappa shape index (κ2) is 11.7. The molecule has 4 rings (SSSR count). The molecule has 1 heterocycles. The molecule has 0 radical (unpaired) electrons. The van der Waals surface area contributed by atoms with Crippen molar-refractivity contribution in [3.8, 4) is 11.8 Å². The standard InChI is InChI=1S/C29H23Cl2N3O3S/c1-20-8-14-25(15-9-20)38(36,37)33-28(35)17-16-27-29(31)32-21(2)34(27)19-24-13-12-23(18-26(24)30)11-10-22-6-4-3-5-7-22/h3-9,12-18H,19H2,1-2H3,(H,33,35)/b17-16+. The van der Waals surface area contributed by atoms with E-state index in [1.807, 2.05) is 54.1 Å². The molecule has 0 spiro atoms. The average Bonchev–Trinajstić information content (AvgIpc) is 3.15. The lowest BCUT2D eigenvalue weighted by Gasteiger charge is -2.10. The van der Waals surface area contributed by atoms with Crippen LogP contribution >= 0.6 is 23.2 Å². The first-order valence-corrected chi connectivity index (χ1v) is 13.8. The molecule has 0 aliphatic heterocycles. The number of aromatic nitrogens is 2. The van der Waals surface area contributed by atoms with Crippen molar-refractivity contribution in [1.82, 2.24) is 14.3 Å². The largest absolute Gasteiger partial charge is 0.323 e. The van der Waals surface area contributed by atoms with E-state index >= 15 is 0 Å². The summed E-state index contributed by atoms with van der Waals surface area (Å²) in [5, 5.41) is 0.695. The maximum atomic E-state index is 12.5. The van der Waals surface area contributed by atoms with Crippen molar-refractivity contribution in [3.05, 3.63) is 123 Å². The number of nitrogens with one attached hydrogen (secondary N) is 1. The highest BCUT2D eigenvalue weighted by atomic mass is 35.5. The molecule has 9 heteroatoms. The van der Waals surface area contributed by atoms with Gasteiger partial charge >= 0.3 is 0 Å². The van der Waals surface area contributed by atoms with E-state index in [2.05, 4.69) is 16.8 Å². The summed E-state index contributed by atoms with van der Waals surface area (Å²) < 4.78 is 28.8. The van der Waals surface area contributed by atoms with Crippen LogP contribution in [-0.4, -0.2) is 23.9 Å². The minimum atomic E-state index is -4.01. The summed E-state index contributed by atoms with van der Waals surface area (Å²) in [5.41, 5.74) is 3.83. The monoisotopic (exact) mass is 563 g/mol. The van der Waals surface area contributed by atoms with Crippen LogP contribution in [0.1, 0.15) is 33.8 Å². The van der Waals surface area contributed by atoms with Gasteiger partial charge in [-0.25, -0.2) is 18.1 Å². The number of hydrogen-bond acceptors (Lipinski definition) is 4. The van der Waals surface area contributed by atoms with Crippen LogP contribution in [-0.2, 0) is 21.4 Å². The van der Waals surface area contributed by atoms with Crippen molar-refractivity contribution < 1.29 is 13.2 Å². The van der Waals surface area contributed by atoms with Gasteiger partial charge in [-0.3, -0.25) is 4.79 Å². The van der Waals surface area contributed by atoms with Crippen molar-refractivity contribution in [2.24, 2.45) is 0 Å². The highest BCUT2D eigenvalue weighted by Crippen LogP contribution is 2.24. The van der Waals surface area contributed by atoms with Crippen LogP contribution in [0.2, 0.25) is 10.2 Å². The summed E-state index contributed by atoms with van der Waals surface area (Å²) in [5.74, 6) is 6.00. The van der Waals surface area contributed by atoms with E-state index in [-0.39, 0.29) is 10.0 Å². The van der Waals surface area contributed by atoms with Crippen LogP contribution < -0.4 is 4.72 Å². The summed E-state index contributed by atoms with van der Waals surface area (Å²) in [6.45, 7) is 3.95. The smallest absolute Gasteiger partial charge is 0.264 e. The molecule has 192 valence electrons. The van der Waals surface area contributed by atoms with E-state index in [0.717, 1.165) is 28.3 Å². The Morgan fingerprint density at radius 2 is 1.66 bits per heavy atom. The summed E-state index contributed by atoms with van der Waals surface area (Å²) in [6, 6.07) is 21.4. The Hall–Kier alpha value is -3.83. The summed E-state index contributed by atoms with van der Waals surface area (Å²) in [4.78, 5) is 16.7. The van der Waals surface area contributed by atoms with E-state index in [1.165, 1.54) is 18.2 Å². The molecule has 6 nitrogen and oxygen atoms in total. The fraction of sp³-hybridized carbons (Fsp3) is 0.103. The van der Waals surface area contributed by atoms with Gasteiger partial charge < -0.3 is 4.57 Å². The predicted molar refractivity (Wildman–Crippen MR) is 150 cm³/mol. The zero-order valence-corrected chi connectivity index (χ0v) is 22.9. The Morgan fingerprint density at radius 1 is 0.974 bits per heavy atom. The number of halogens is 2. The van der Waals surface area contributed by atoms with Gasteiger partial charge in [-0.05, 0) is 61.9 Å². The molecule has 4 aromatic rings. The maximum absolute atomic E-state index is 12.5. The number of imidazole rings is 1. The van der Waals surface area contributed by atoms with E-state index in [0.29, 0.717) is 23.1 Å². The molecule has 0 bridgehead atoms. The molecule has 1 aromatic heterocycles. The van der Waals surface area contributed by atoms with Gasteiger partial charge in [0.2, 0.25) is 0 Å². The molecule has 0 saturated carbocycles. The Bertz CT molecular complexity index is 1680. The van der Waals surface area contributed by atoms with Crippen LogP contribution in [0, 0.1) is 25.7 Å². The zero-order valence-electron chi connectivity index (χ0n) is 20.6. The molecule has 0 saturated heterocycles. The lowest BCUT2D eigenvalue weighted by Crippen LogP contribution is -2.29. The van der Waals surface area contributed by atoms with Gasteiger partial charge in [0.25, 0.3) is 15.9 Å². The minimum Gasteiger partial charge on any atom is -0.323 e. The van der Waals surface area contributed by atoms with Crippen molar-refractivity contribution in [2.45, 2.75) is 25.3 Å². The van der Waals surface area contributed by atoms with Crippen LogP contribution in [0.25, 0.3) is 6.08 Å². The van der Waals surface area contributed by atoms with Crippen molar-refractivity contribution >= 4 is 45.2 Å². The first-order valence-electron chi connectivity index (χ1n) is 11.5. The quantitative estimate of drug-likeness (QED) is 0.238. The van der Waals surface area contributed by atoms with Crippen LogP contribution in [0.5, 0.6) is 0 Å². The molecule has 0 aliphatic rings. The van der Waals surface area contributed by atoms with Gasteiger partial charge in [-0.1, -0.05) is 77.0 Å². The van der Waals surface area contributed by atoms with E-state index in [1.54, 1.807) is 29.7 Å². The summed E-state index contributed by atoms with van der Waals surface area (Å²) in [7, 11) is -4.01. The third-order valence-corrected chi connectivity index (χ3v) is 7.61. The van der Waals surface area contributed by atoms with Crippen LogP contribution in [0.15, 0.2) is 83.8 Å². The molecule has 0 fully saturated rings. The number of carbonyl (C=O) groups is 1. The number of amides is 1. The normalized spacial score (nSPS) is 11.3. The number of rotatable bonds is 6. The van der Waals surface area contributed by atoms with Gasteiger partial charge in [-0.2, -0.15) is 0 Å². The second-order valence-corrected chi connectivity index (χ2v) is 10.9. The Balaban J connectivity index is 1.51. The molecular formula is C29H23Cl2N3O3S. The third kappa shape index (κ3) is 6.73. The first kappa shape index (κ1) is 27.2. The van der Waals surface area contributed by atoms with Gasteiger partial charge in [-0.15, -0.1) is 0 Å².